The van der Waals surface area contributed by atoms with Crippen LogP contribution in [0.3, 0.4) is 0 Å². The minimum absolute atomic E-state index is 0.477. The average molecular weight is 174 g/mol. The summed E-state index contributed by atoms with van der Waals surface area (Å²) in [4.78, 5) is 0.477. The molecular formula is C7H7FO2S. The molecule has 0 radical (unpaired) electrons. The van der Waals surface area contributed by atoms with Crippen LogP contribution in [0, 0.1) is 0 Å². The van der Waals surface area contributed by atoms with Gasteiger partial charge in [-0.3, -0.25) is 4.18 Å². The Labute approximate surface area is 66.7 Å². The molecule has 1 unspecified atom stereocenters. The molecule has 4 heteroatoms. The van der Waals surface area contributed by atoms with Gasteiger partial charge in [-0.15, -0.1) is 0 Å². The van der Waals surface area contributed by atoms with E-state index in [4.69, 9.17) is 0 Å². The van der Waals surface area contributed by atoms with Crippen molar-refractivity contribution < 1.29 is 12.8 Å². The van der Waals surface area contributed by atoms with Crippen LogP contribution in [-0.4, -0.2) is 11.1 Å². The Hall–Kier alpha value is -0.740. The number of halogens is 1. The first-order chi connectivity index (χ1) is 5.34. The van der Waals surface area contributed by atoms with Crippen molar-refractivity contribution in [1.82, 2.24) is 0 Å². The second-order valence-corrected chi connectivity index (χ2v) is 2.95. The molecule has 0 amide bonds. The van der Waals surface area contributed by atoms with Gasteiger partial charge >= 0.3 is 0 Å². The zero-order valence-corrected chi connectivity index (χ0v) is 6.51. The van der Waals surface area contributed by atoms with Gasteiger partial charge in [-0.25, -0.2) is 8.60 Å². The lowest BCUT2D eigenvalue weighted by Crippen LogP contribution is -1.95. The quantitative estimate of drug-likeness (QED) is 0.696. The summed E-state index contributed by atoms with van der Waals surface area (Å²) in [6, 6.07) is 8.46. The zero-order valence-electron chi connectivity index (χ0n) is 5.70. The first kappa shape index (κ1) is 8.36. The van der Waals surface area contributed by atoms with Gasteiger partial charge < -0.3 is 0 Å². The summed E-state index contributed by atoms with van der Waals surface area (Å²) in [5, 5.41) is 0. The Morgan fingerprint density at radius 3 is 2.55 bits per heavy atom. The standard InChI is InChI=1S/C7H7FO2S/c8-6-10-11(9)7-4-2-1-3-5-7/h1-5H,6H2. The van der Waals surface area contributed by atoms with E-state index in [1.165, 1.54) is 0 Å². The zero-order chi connectivity index (χ0) is 8.10. The maximum Gasteiger partial charge on any atom is 0.204 e. The molecule has 0 saturated carbocycles. The molecule has 0 N–H and O–H groups in total. The van der Waals surface area contributed by atoms with Crippen molar-refractivity contribution in [3.05, 3.63) is 30.3 Å². The largest absolute Gasteiger partial charge is 0.252 e. The smallest absolute Gasteiger partial charge is 0.204 e. The number of benzene rings is 1. The van der Waals surface area contributed by atoms with Gasteiger partial charge in [0, 0.05) is 0 Å². The van der Waals surface area contributed by atoms with Gasteiger partial charge in [0.05, 0.1) is 4.90 Å². The fourth-order valence-electron chi connectivity index (χ4n) is 0.640. The summed E-state index contributed by atoms with van der Waals surface area (Å²) in [5.74, 6) is 0. The first-order valence-electron chi connectivity index (χ1n) is 3.00. The minimum atomic E-state index is -1.66. The molecule has 0 spiro atoms. The Bertz CT molecular complexity index is 237. The molecule has 1 atom stereocenters. The molecule has 11 heavy (non-hydrogen) atoms. The van der Waals surface area contributed by atoms with Crippen molar-refractivity contribution >= 4 is 11.1 Å². The predicted octanol–water partition coefficient (Wildman–Crippen LogP) is 1.65. The second kappa shape index (κ2) is 4.20. The summed E-state index contributed by atoms with van der Waals surface area (Å²) in [6.07, 6.45) is 0. The lowest BCUT2D eigenvalue weighted by atomic mass is 10.4. The lowest BCUT2D eigenvalue weighted by molar-refractivity contribution is 0.212. The summed E-state index contributed by atoms with van der Waals surface area (Å²) in [5.41, 5.74) is 0. The highest BCUT2D eigenvalue weighted by Gasteiger charge is 2.01. The van der Waals surface area contributed by atoms with Crippen molar-refractivity contribution in [3.8, 4) is 0 Å². The van der Waals surface area contributed by atoms with E-state index in [1.807, 2.05) is 0 Å². The molecule has 0 aromatic heterocycles. The van der Waals surface area contributed by atoms with E-state index >= 15 is 0 Å². The Morgan fingerprint density at radius 2 is 2.00 bits per heavy atom. The van der Waals surface area contributed by atoms with E-state index in [0.29, 0.717) is 4.90 Å². The van der Waals surface area contributed by atoms with Crippen molar-refractivity contribution in [1.29, 1.82) is 0 Å². The molecule has 0 fully saturated rings. The molecule has 0 bridgehead atoms. The van der Waals surface area contributed by atoms with Crippen LogP contribution in [0.4, 0.5) is 4.39 Å². The Kier molecular flexibility index (Phi) is 3.19. The van der Waals surface area contributed by atoms with Gasteiger partial charge in [-0.2, -0.15) is 0 Å². The van der Waals surface area contributed by atoms with Gasteiger partial charge in [-0.1, -0.05) is 18.2 Å². The van der Waals surface area contributed by atoms with Crippen LogP contribution in [0.15, 0.2) is 35.2 Å². The normalized spacial score (nSPS) is 12.8. The average Bonchev–Trinajstić information content (AvgIpc) is 2.07. The van der Waals surface area contributed by atoms with E-state index in [-0.39, 0.29) is 0 Å². The van der Waals surface area contributed by atoms with Gasteiger partial charge in [0.25, 0.3) is 0 Å². The van der Waals surface area contributed by atoms with Crippen LogP contribution < -0.4 is 0 Å². The molecule has 2 nitrogen and oxygen atoms in total. The van der Waals surface area contributed by atoms with Crippen LogP contribution in [0.25, 0.3) is 0 Å². The molecule has 1 rings (SSSR count). The summed E-state index contributed by atoms with van der Waals surface area (Å²) in [7, 11) is 0. The Balaban J connectivity index is 2.69. The van der Waals surface area contributed by atoms with Crippen LogP contribution in [-0.2, 0) is 15.3 Å². The molecule has 0 aliphatic carbocycles. The first-order valence-corrected chi connectivity index (χ1v) is 4.08. The van der Waals surface area contributed by atoms with Crippen molar-refractivity contribution in [2.24, 2.45) is 0 Å². The van der Waals surface area contributed by atoms with Crippen molar-refractivity contribution in [2.75, 3.05) is 6.86 Å². The SMILES string of the molecule is O=S(OCF)c1ccccc1. The minimum Gasteiger partial charge on any atom is -0.252 e. The third-order valence-electron chi connectivity index (χ3n) is 1.09. The number of hydrogen-bond acceptors (Lipinski definition) is 2. The van der Waals surface area contributed by atoms with Crippen LogP contribution in [0.1, 0.15) is 0 Å². The summed E-state index contributed by atoms with van der Waals surface area (Å²) < 4.78 is 26.6. The molecule has 1 aromatic carbocycles. The number of hydrogen-bond donors (Lipinski definition) is 0. The molecule has 0 aliphatic rings. The summed E-state index contributed by atoms with van der Waals surface area (Å²) in [6.45, 7) is -1.03. The highest BCUT2D eigenvalue weighted by Crippen LogP contribution is 2.05. The molecule has 60 valence electrons. The maximum absolute atomic E-state index is 11.5. The third kappa shape index (κ3) is 2.40. The van der Waals surface area contributed by atoms with E-state index in [2.05, 4.69) is 4.18 Å². The predicted molar refractivity (Wildman–Crippen MR) is 39.9 cm³/mol. The van der Waals surface area contributed by atoms with Gasteiger partial charge in [-0.05, 0) is 12.1 Å². The number of alkyl halides is 1. The van der Waals surface area contributed by atoms with Crippen molar-refractivity contribution in [2.45, 2.75) is 4.90 Å². The second-order valence-electron chi connectivity index (χ2n) is 1.77. The van der Waals surface area contributed by atoms with E-state index < -0.39 is 17.9 Å². The molecule has 0 aliphatic heterocycles. The van der Waals surface area contributed by atoms with Gasteiger partial charge in [0.1, 0.15) is 0 Å². The van der Waals surface area contributed by atoms with E-state index in [0.717, 1.165) is 0 Å². The Morgan fingerprint density at radius 1 is 1.36 bits per heavy atom. The van der Waals surface area contributed by atoms with Crippen LogP contribution in [0.5, 0.6) is 0 Å². The fourth-order valence-corrected chi connectivity index (χ4v) is 1.24. The molecule has 0 saturated heterocycles. The van der Waals surface area contributed by atoms with Gasteiger partial charge in [0.2, 0.25) is 6.86 Å². The lowest BCUT2D eigenvalue weighted by Gasteiger charge is -1.96. The van der Waals surface area contributed by atoms with E-state index in [9.17, 15) is 8.60 Å². The van der Waals surface area contributed by atoms with Crippen LogP contribution in [0.2, 0.25) is 0 Å². The number of rotatable bonds is 3. The maximum atomic E-state index is 11.5. The van der Waals surface area contributed by atoms with E-state index in [1.54, 1.807) is 30.3 Å². The van der Waals surface area contributed by atoms with Gasteiger partial charge in [0.15, 0.2) is 11.1 Å². The molecule has 1 aromatic rings. The van der Waals surface area contributed by atoms with Crippen LogP contribution >= 0.6 is 0 Å². The molecular weight excluding hydrogens is 167 g/mol. The topological polar surface area (TPSA) is 26.3 Å². The monoisotopic (exact) mass is 174 g/mol. The molecule has 0 heterocycles. The summed E-state index contributed by atoms with van der Waals surface area (Å²) >= 11 is -1.66. The highest BCUT2D eigenvalue weighted by atomic mass is 32.2. The third-order valence-corrected chi connectivity index (χ3v) is 2.05. The highest BCUT2D eigenvalue weighted by molar-refractivity contribution is 7.80. The fraction of sp³-hybridized carbons (Fsp3) is 0.143. The van der Waals surface area contributed by atoms with Crippen molar-refractivity contribution in [3.63, 3.8) is 0 Å².